The topological polar surface area (TPSA) is 127 Å². The van der Waals surface area contributed by atoms with E-state index in [9.17, 15) is 19.5 Å². The maximum absolute atomic E-state index is 12.0. The Morgan fingerprint density at radius 2 is 1.16 bits per heavy atom. The van der Waals surface area contributed by atoms with Gasteiger partial charge in [-0.1, -0.05) is 13.8 Å². The van der Waals surface area contributed by atoms with Crippen LogP contribution >= 0.6 is 0 Å². The summed E-state index contributed by atoms with van der Waals surface area (Å²) < 4.78 is 33.4. The van der Waals surface area contributed by atoms with Gasteiger partial charge in [0, 0.05) is 51.7 Å². The Morgan fingerprint density at radius 3 is 1.47 bits per heavy atom. The van der Waals surface area contributed by atoms with Crippen molar-refractivity contribution in [1.29, 1.82) is 0 Å². The van der Waals surface area contributed by atoms with Gasteiger partial charge in [0.1, 0.15) is 5.78 Å². The number of methoxy groups -OCH3 is 2. The van der Waals surface area contributed by atoms with Crippen LogP contribution in [0.4, 0.5) is 0 Å². The fourth-order valence-corrected chi connectivity index (χ4v) is 5.39. The van der Waals surface area contributed by atoms with Crippen LogP contribution in [-0.2, 0) is 42.8 Å². The van der Waals surface area contributed by atoms with Crippen LogP contribution in [-0.4, -0.2) is 79.1 Å². The first kappa shape index (κ1) is 30.9. The lowest BCUT2D eigenvalue weighted by atomic mass is 9.69. The van der Waals surface area contributed by atoms with Gasteiger partial charge in [-0.25, -0.2) is 0 Å². The van der Waals surface area contributed by atoms with Gasteiger partial charge in [0.15, 0.2) is 24.8 Å². The summed E-state index contributed by atoms with van der Waals surface area (Å²) in [5.74, 6) is -0.372. The summed E-state index contributed by atoms with van der Waals surface area (Å²) in [6.45, 7) is 14.8. The number of ketones is 1. The molecule has 1 N–H and O–H groups in total. The van der Waals surface area contributed by atoms with Crippen molar-refractivity contribution < 1.29 is 47.9 Å². The van der Waals surface area contributed by atoms with Crippen molar-refractivity contribution in [2.45, 2.75) is 123 Å². The van der Waals surface area contributed by atoms with E-state index >= 15 is 0 Å². The normalized spacial score (nSPS) is 37.8. The van der Waals surface area contributed by atoms with Crippen LogP contribution in [0.2, 0.25) is 0 Å². The van der Waals surface area contributed by atoms with Crippen LogP contribution in [0, 0.1) is 22.7 Å². The first-order valence-electron chi connectivity index (χ1n) is 13.4. The number of aliphatic hydroxyl groups excluding tert-OH is 1. The molecule has 2 heterocycles. The molecule has 2 spiro atoms. The first-order valence-corrected chi connectivity index (χ1v) is 13.4. The standard InChI is InChI=1S/C14H24O5.C14H22O5/c2*1-8-10(18-12(16)13(2,3)4)11(17-5)19-14(8)6-9(15)7-14/h8-11,15H,6-7H2,1-5H3;8,10-11H,6-7H2,1-5H3/t8-,9?,10+,11+,14?;8-,10+,11+/m00/s1. The molecule has 218 valence electrons. The summed E-state index contributed by atoms with van der Waals surface area (Å²) in [7, 11) is 3.07. The molecule has 0 amide bonds. The van der Waals surface area contributed by atoms with Crippen LogP contribution in [0.15, 0.2) is 0 Å². The highest BCUT2D eigenvalue weighted by Crippen LogP contribution is 2.51. The van der Waals surface area contributed by atoms with Gasteiger partial charge in [-0.3, -0.25) is 14.4 Å². The van der Waals surface area contributed by atoms with E-state index in [0.29, 0.717) is 25.7 Å². The molecule has 0 bridgehead atoms. The minimum Gasteiger partial charge on any atom is -0.456 e. The molecule has 38 heavy (non-hydrogen) atoms. The van der Waals surface area contributed by atoms with Gasteiger partial charge < -0.3 is 33.5 Å². The minimum absolute atomic E-state index is 0.0205. The fourth-order valence-electron chi connectivity index (χ4n) is 5.39. The number of hydrogen-bond acceptors (Lipinski definition) is 10. The number of aliphatic hydroxyl groups is 1. The highest BCUT2D eigenvalue weighted by molar-refractivity contribution is 5.87. The van der Waals surface area contributed by atoms with Crippen molar-refractivity contribution in [2.75, 3.05) is 14.2 Å². The third-order valence-electron chi connectivity index (χ3n) is 8.21. The Labute approximate surface area is 226 Å². The first-order chi connectivity index (χ1) is 17.4. The number of ether oxygens (including phenoxy) is 6. The zero-order chi connectivity index (χ0) is 28.8. The summed E-state index contributed by atoms with van der Waals surface area (Å²) in [4.78, 5) is 35.3. The van der Waals surface area contributed by atoms with E-state index in [0.717, 1.165) is 0 Å². The Kier molecular flexibility index (Phi) is 8.77. The van der Waals surface area contributed by atoms with Crippen LogP contribution in [0.25, 0.3) is 0 Å². The van der Waals surface area contributed by atoms with Crippen LogP contribution in [0.1, 0.15) is 81.1 Å². The van der Waals surface area contributed by atoms with E-state index in [2.05, 4.69) is 0 Å². The molecular weight excluding hydrogens is 496 g/mol. The zero-order valence-corrected chi connectivity index (χ0v) is 24.5. The molecule has 0 aromatic rings. The van der Waals surface area contributed by atoms with E-state index in [1.807, 2.05) is 34.6 Å². The summed E-state index contributed by atoms with van der Waals surface area (Å²) in [5, 5.41) is 9.52. The second kappa shape index (κ2) is 10.8. The van der Waals surface area contributed by atoms with Gasteiger partial charge in [0.05, 0.1) is 28.1 Å². The summed E-state index contributed by atoms with van der Waals surface area (Å²) in [6, 6.07) is 0. The average molecular weight is 543 g/mol. The highest BCUT2D eigenvalue weighted by atomic mass is 16.7. The number of carbonyl (C=O) groups excluding carboxylic acids is 3. The predicted molar refractivity (Wildman–Crippen MR) is 136 cm³/mol. The van der Waals surface area contributed by atoms with Crippen LogP contribution in [0.5, 0.6) is 0 Å². The average Bonchev–Trinajstić information content (AvgIpc) is 3.19. The van der Waals surface area contributed by atoms with Crippen LogP contribution in [0.3, 0.4) is 0 Å². The molecule has 4 rings (SSSR count). The molecule has 2 saturated heterocycles. The van der Waals surface area contributed by atoms with Gasteiger partial charge in [0.25, 0.3) is 0 Å². The summed E-state index contributed by atoms with van der Waals surface area (Å²) in [6.07, 6.45) is -0.390. The Hall–Kier alpha value is -1.59. The SMILES string of the molecule is CO[C@@H]1OC2(CC(=O)C2)[C@@H](C)[C@H]1OC(=O)C(C)(C)C.CO[C@@H]1OC2(CC(O)C2)[C@@H](C)[C@H]1OC(=O)C(C)(C)C. The number of esters is 2. The van der Waals surface area contributed by atoms with E-state index in [-0.39, 0.29) is 35.7 Å². The van der Waals surface area contributed by atoms with Gasteiger partial charge in [-0.15, -0.1) is 0 Å². The van der Waals surface area contributed by atoms with E-state index in [1.54, 1.807) is 27.9 Å². The molecule has 10 heteroatoms. The zero-order valence-electron chi connectivity index (χ0n) is 24.5. The second-order valence-corrected chi connectivity index (χ2v) is 13.3. The number of rotatable bonds is 4. The van der Waals surface area contributed by atoms with Crippen molar-refractivity contribution >= 4 is 17.7 Å². The predicted octanol–water partition coefficient (Wildman–Crippen LogP) is 3.16. The largest absolute Gasteiger partial charge is 0.456 e. The van der Waals surface area contributed by atoms with Crippen molar-refractivity contribution in [3.8, 4) is 0 Å². The lowest BCUT2D eigenvalue weighted by Crippen LogP contribution is -2.52. The second-order valence-electron chi connectivity index (χ2n) is 13.3. The molecule has 0 aromatic heterocycles. The fraction of sp³-hybridized carbons (Fsp3) is 0.893. The van der Waals surface area contributed by atoms with Gasteiger partial charge in [-0.05, 0) is 41.5 Å². The molecule has 6 atom stereocenters. The Balaban J connectivity index is 0.000000211. The van der Waals surface area contributed by atoms with Crippen molar-refractivity contribution in [3.05, 3.63) is 0 Å². The Bertz CT molecular complexity index is 886. The van der Waals surface area contributed by atoms with Crippen molar-refractivity contribution in [3.63, 3.8) is 0 Å². The molecule has 0 aromatic carbocycles. The number of carbonyl (C=O) groups is 3. The third kappa shape index (κ3) is 5.94. The summed E-state index contributed by atoms with van der Waals surface area (Å²) in [5.41, 5.74) is -2.01. The number of hydrogen-bond donors (Lipinski definition) is 1. The molecule has 0 unspecified atom stereocenters. The molecular formula is C28H46O10. The summed E-state index contributed by atoms with van der Waals surface area (Å²) >= 11 is 0. The monoisotopic (exact) mass is 542 g/mol. The van der Waals surface area contributed by atoms with Gasteiger partial charge in [-0.2, -0.15) is 0 Å². The van der Waals surface area contributed by atoms with Crippen LogP contribution < -0.4 is 0 Å². The minimum atomic E-state index is -0.589. The lowest BCUT2D eigenvalue weighted by Gasteiger charge is -2.44. The van der Waals surface area contributed by atoms with Gasteiger partial charge >= 0.3 is 11.9 Å². The molecule has 4 aliphatic rings. The van der Waals surface area contributed by atoms with E-state index in [1.165, 1.54) is 7.11 Å². The molecule has 0 radical (unpaired) electrons. The molecule has 2 aliphatic carbocycles. The maximum atomic E-state index is 12.0. The van der Waals surface area contributed by atoms with Crippen molar-refractivity contribution in [2.24, 2.45) is 22.7 Å². The Morgan fingerprint density at radius 1 is 0.789 bits per heavy atom. The highest BCUT2D eigenvalue weighted by Gasteiger charge is 2.62. The third-order valence-corrected chi connectivity index (χ3v) is 8.21. The van der Waals surface area contributed by atoms with E-state index < -0.39 is 46.8 Å². The van der Waals surface area contributed by atoms with E-state index in [4.69, 9.17) is 28.4 Å². The molecule has 2 aliphatic heterocycles. The molecule has 10 nitrogen and oxygen atoms in total. The van der Waals surface area contributed by atoms with Crippen molar-refractivity contribution in [1.82, 2.24) is 0 Å². The maximum Gasteiger partial charge on any atom is 0.311 e. The smallest absolute Gasteiger partial charge is 0.311 e. The lowest BCUT2D eigenvalue weighted by molar-refractivity contribution is -0.222. The molecule has 2 saturated carbocycles. The van der Waals surface area contributed by atoms with Gasteiger partial charge in [0.2, 0.25) is 0 Å². The molecule has 4 fully saturated rings. The number of Topliss-reactive ketones (excluding diaryl/α,β-unsaturated/α-hetero) is 1. The quantitative estimate of drug-likeness (QED) is 0.529.